The molecular formula is C16H21N3O. The maximum Gasteiger partial charge on any atom is 0.143 e. The van der Waals surface area contributed by atoms with Gasteiger partial charge < -0.3 is 5.11 Å². The average Bonchev–Trinajstić information content (AvgIpc) is 2.43. The van der Waals surface area contributed by atoms with Gasteiger partial charge in [0.1, 0.15) is 5.82 Å². The summed E-state index contributed by atoms with van der Waals surface area (Å²) >= 11 is 0. The first-order valence-electron chi connectivity index (χ1n) is 7.26. The molecule has 4 heteroatoms. The zero-order chi connectivity index (χ0) is 14.1. The van der Waals surface area contributed by atoms with Crippen LogP contribution in [0.4, 0.5) is 0 Å². The van der Waals surface area contributed by atoms with E-state index in [0.29, 0.717) is 5.92 Å². The molecule has 0 amide bonds. The standard InChI is InChI=1S/C16H21N3O/c1-11-7-8-19(9-15(11)20)10-16-17-12(2)13-5-3-4-6-14(13)18-16/h3-6,11,15,20H,7-10H2,1-2H3. The minimum absolute atomic E-state index is 0.231. The molecule has 4 nitrogen and oxygen atoms in total. The van der Waals surface area contributed by atoms with Gasteiger partial charge in [0.2, 0.25) is 0 Å². The van der Waals surface area contributed by atoms with Crippen LogP contribution in [0.1, 0.15) is 24.9 Å². The Morgan fingerprint density at radius 2 is 2.10 bits per heavy atom. The second kappa shape index (κ2) is 5.46. The van der Waals surface area contributed by atoms with Crippen molar-refractivity contribution in [3.8, 4) is 0 Å². The molecule has 2 unspecified atom stereocenters. The van der Waals surface area contributed by atoms with E-state index in [0.717, 1.165) is 48.5 Å². The number of nitrogens with zero attached hydrogens (tertiary/aromatic N) is 3. The van der Waals surface area contributed by atoms with Crippen LogP contribution in [0, 0.1) is 12.8 Å². The molecule has 3 rings (SSSR count). The molecule has 2 atom stereocenters. The number of hydrogen-bond donors (Lipinski definition) is 1. The lowest BCUT2D eigenvalue weighted by atomic mass is 9.96. The number of aliphatic hydroxyl groups is 1. The molecule has 2 aromatic rings. The summed E-state index contributed by atoms with van der Waals surface area (Å²) in [6, 6.07) is 8.10. The summed E-state index contributed by atoms with van der Waals surface area (Å²) in [5.41, 5.74) is 2.03. The first-order valence-corrected chi connectivity index (χ1v) is 7.26. The van der Waals surface area contributed by atoms with Crippen LogP contribution in [-0.4, -0.2) is 39.2 Å². The van der Waals surface area contributed by atoms with E-state index in [4.69, 9.17) is 0 Å². The van der Waals surface area contributed by atoms with Gasteiger partial charge in [0, 0.05) is 17.6 Å². The summed E-state index contributed by atoms with van der Waals surface area (Å²) in [6.45, 7) is 6.58. The normalized spacial score (nSPS) is 24.1. The molecule has 0 radical (unpaired) electrons. The van der Waals surface area contributed by atoms with Crippen molar-refractivity contribution < 1.29 is 5.11 Å². The molecule has 0 bridgehead atoms. The second-order valence-corrected chi connectivity index (χ2v) is 5.81. The highest BCUT2D eigenvalue weighted by molar-refractivity contribution is 5.80. The third-order valence-corrected chi connectivity index (χ3v) is 4.21. The van der Waals surface area contributed by atoms with Gasteiger partial charge >= 0.3 is 0 Å². The number of β-amino-alcohol motifs (C(OH)–C–C–N with tert-alkyl or cyclic N) is 1. The molecule has 106 valence electrons. The predicted octanol–water partition coefficient (Wildman–Crippen LogP) is 2.14. The van der Waals surface area contributed by atoms with Crippen molar-refractivity contribution in [3.63, 3.8) is 0 Å². The Morgan fingerprint density at radius 3 is 2.90 bits per heavy atom. The van der Waals surface area contributed by atoms with Crippen LogP contribution in [0.5, 0.6) is 0 Å². The topological polar surface area (TPSA) is 49.2 Å². The van der Waals surface area contributed by atoms with E-state index in [-0.39, 0.29) is 6.10 Å². The summed E-state index contributed by atoms with van der Waals surface area (Å²) < 4.78 is 0. The molecular weight excluding hydrogens is 250 g/mol. The first kappa shape index (κ1) is 13.5. The molecule has 1 aliphatic heterocycles. The molecule has 0 aliphatic carbocycles. The van der Waals surface area contributed by atoms with Crippen LogP contribution in [0.3, 0.4) is 0 Å². The van der Waals surface area contributed by atoms with Crippen LogP contribution in [-0.2, 0) is 6.54 Å². The maximum absolute atomic E-state index is 9.97. The van der Waals surface area contributed by atoms with Crippen LogP contribution in [0.25, 0.3) is 10.9 Å². The first-order chi connectivity index (χ1) is 9.63. The van der Waals surface area contributed by atoms with Gasteiger partial charge in [-0.05, 0) is 31.9 Å². The lowest BCUT2D eigenvalue weighted by Gasteiger charge is -2.33. The van der Waals surface area contributed by atoms with Crippen molar-refractivity contribution in [3.05, 3.63) is 35.8 Å². The van der Waals surface area contributed by atoms with Gasteiger partial charge in [-0.2, -0.15) is 0 Å². The number of fused-ring (bicyclic) bond motifs is 1. The van der Waals surface area contributed by atoms with Crippen LogP contribution in [0.15, 0.2) is 24.3 Å². The quantitative estimate of drug-likeness (QED) is 0.909. The van der Waals surface area contributed by atoms with Crippen molar-refractivity contribution in [1.29, 1.82) is 0 Å². The number of likely N-dealkylation sites (tertiary alicyclic amines) is 1. The minimum atomic E-state index is -0.231. The molecule has 0 spiro atoms. The van der Waals surface area contributed by atoms with Gasteiger partial charge in [0.05, 0.1) is 18.2 Å². The van der Waals surface area contributed by atoms with Gasteiger partial charge in [0.15, 0.2) is 0 Å². The van der Waals surface area contributed by atoms with Gasteiger partial charge in [-0.3, -0.25) is 4.90 Å². The zero-order valence-electron chi connectivity index (χ0n) is 12.1. The smallest absolute Gasteiger partial charge is 0.143 e. The Hall–Kier alpha value is -1.52. The monoisotopic (exact) mass is 271 g/mol. The number of aliphatic hydroxyl groups excluding tert-OH is 1. The molecule has 0 saturated carbocycles. The SMILES string of the molecule is Cc1nc(CN2CCC(C)C(O)C2)nc2ccccc12. The summed E-state index contributed by atoms with van der Waals surface area (Å²) in [7, 11) is 0. The van der Waals surface area contributed by atoms with Gasteiger partial charge in [-0.25, -0.2) is 9.97 Å². The van der Waals surface area contributed by atoms with Crippen LogP contribution < -0.4 is 0 Å². The Kier molecular flexibility index (Phi) is 3.68. The van der Waals surface area contributed by atoms with E-state index >= 15 is 0 Å². The maximum atomic E-state index is 9.97. The van der Waals surface area contributed by atoms with Crippen molar-refractivity contribution in [2.45, 2.75) is 32.9 Å². The molecule has 1 N–H and O–H groups in total. The third kappa shape index (κ3) is 2.67. The number of rotatable bonds is 2. The number of aryl methyl sites for hydroxylation is 1. The van der Waals surface area contributed by atoms with E-state index in [1.807, 2.05) is 25.1 Å². The second-order valence-electron chi connectivity index (χ2n) is 5.81. The van der Waals surface area contributed by atoms with Crippen LogP contribution >= 0.6 is 0 Å². The Balaban J connectivity index is 1.81. The van der Waals surface area contributed by atoms with Gasteiger partial charge in [-0.15, -0.1) is 0 Å². The third-order valence-electron chi connectivity index (χ3n) is 4.21. The Labute approximate surface area is 119 Å². The van der Waals surface area contributed by atoms with Crippen LogP contribution in [0.2, 0.25) is 0 Å². The average molecular weight is 271 g/mol. The van der Waals surface area contributed by atoms with E-state index in [1.165, 1.54) is 0 Å². The summed E-state index contributed by atoms with van der Waals surface area (Å²) in [6.07, 6.45) is 0.804. The van der Waals surface area contributed by atoms with Gasteiger partial charge in [-0.1, -0.05) is 25.1 Å². The highest BCUT2D eigenvalue weighted by Gasteiger charge is 2.24. The number of piperidine rings is 1. The highest BCUT2D eigenvalue weighted by atomic mass is 16.3. The number of benzene rings is 1. The molecule has 2 heterocycles. The molecule has 1 fully saturated rings. The number of para-hydroxylation sites is 1. The molecule has 1 aromatic carbocycles. The minimum Gasteiger partial charge on any atom is -0.392 e. The fourth-order valence-corrected chi connectivity index (χ4v) is 2.82. The van der Waals surface area contributed by atoms with Crippen molar-refractivity contribution >= 4 is 10.9 Å². The number of aromatic nitrogens is 2. The molecule has 1 aromatic heterocycles. The molecule has 1 aliphatic rings. The van der Waals surface area contributed by atoms with Crippen molar-refractivity contribution in [2.24, 2.45) is 5.92 Å². The van der Waals surface area contributed by atoms with Crippen molar-refractivity contribution in [1.82, 2.24) is 14.9 Å². The van der Waals surface area contributed by atoms with E-state index in [9.17, 15) is 5.11 Å². The van der Waals surface area contributed by atoms with E-state index < -0.39 is 0 Å². The van der Waals surface area contributed by atoms with E-state index in [2.05, 4.69) is 27.9 Å². The summed E-state index contributed by atoms with van der Waals surface area (Å²) in [4.78, 5) is 11.5. The van der Waals surface area contributed by atoms with Gasteiger partial charge in [0.25, 0.3) is 0 Å². The Bertz CT molecular complexity index is 614. The lowest BCUT2D eigenvalue weighted by Crippen LogP contribution is -2.42. The lowest BCUT2D eigenvalue weighted by molar-refractivity contribution is 0.0249. The van der Waals surface area contributed by atoms with E-state index in [1.54, 1.807) is 0 Å². The highest BCUT2D eigenvalue weighted by Crippen LogP contribution is 2.19. The largest absolute Gasteiger partial charge is 0.392 e. The fraction of sp³-hybridized carbons (Fsp3) is 0.500. The number of hydrogen-bond acceptors (Lipinski definition) is 4. The summed E-state index contributed by atoms with van der Waals surface area (Å²) in [5, 5.41) is 11.1. The van der Waals surface area contributed by atoms with Crippen molar-refractivity contribution in [2.75, 3.05) is 13.1 Å². The predicted molar refractivity (Wildman–Crippen MR) is 79.3 cm³/mol. The zero-order valence-corrected chi connectivity index (χ0v) is 12.1. The molecule has 20 heavy (non-hydrogen) atoms. The summed E-state index contributed by atoms with van der Waals surface area (Å²) in [5.74, 6) is 1.24. The Morgan fingerprint density at radius 1 is 1.30 bits per heavy atom. The molecule has 1 saturated heterocycles. The fourth-order valence-electron chi connectivity index (χ4n) is 2.82.